The standard InChI is InChI=1S/C22H34N2O5S/c1-5-6-7-8-10-17-15-30-19(24-17)21(2,3)18(26)11-9-12-22(28,16-25)13-14-23-20(27)29-4/h5,7-9,12,15,18,25-26,28H,1,6,10-11,13-14,16H2,2-4H3,(H,23,27)/b8-7-,12-9+/t18-,22+/m1/s1. The highest BCUT2D eigenvalue weighted by atomic mass is 32.1. The number of aliphatic hydroxyl groups excluding tert-OH is 2. The van der Waals surface area contributed by atoms with Gasteiger partial charge < -0.3 is 25.4 Å². The molecule has 0 radical (unpaired) electrons. The van der Waals surface area contributed by atoms with Gasteiger partial charge in [-0.05, 0) is 19.3 Å². The number of ether oxygens (including phenoxy) is 1. The average molecular weight is 439 g/mol. The quantitative estimate of drug-likeness (QED) is 0.352. The lowest BCUT2D eigenvalue weighted by Gasteiger charge is -2.28. The maximum atomic E-state index is 11.1. The molecule has 0 saturated carbocycles. The van der Waals surface area contributed by atoms with E-state index in [9.17, 15) is 20.1 Å². The molecule has 1 aromatic heterocycles. The van der Waals surface area contributed by atoms with Crippen molar-refractivity contribution in [3.63, 3.8) is 0 Å². The van der Waals surface area contributed by atoms with Gasteiger partial charge in [0, 0.05) is 23.8 Å². The smallest absolute Gasteiger partial charge is 0.406 e. The van der Waals surface area contributed by atoms with E-state index in [0.29, 0.717) is 0 Å². The lowest BCUT2D eigenvalue weighted by molar-refractivity contribution is 0.0201. The Hall–Kier alpha value is -2.00. The Morgan fingerprint density at radius 3 is 2.77 bits per heavy atom. The van der Waals surface area contributed by atoms with Gasteiger partial charge in [-0.1, -0.05) is 44.2 Å². The van der Waals surface area contributed by atoms with E-state index in [1.54, 1.807) is 6.08 Å². The first-order valence-corrected chi connectivity index (χ1v) is 10.8. The van der Waals surface area contributed by atoms with Gasteiger partial charge in [0.2, 0.25) is 0 Å². The van der Waals surface area contributed by atoms with E-state index in [2.05, 4.69) is 27.7 Å². The minimum Gasteiger partial charge on any atom is -0.453 e. The third-order valence-corrected chi connectivity index (χ3v) is 6.04. The number of aliphatic hydroxyl groups is 3. The normalized spacial score (nSPS) is 15.3. The lowest BCUT2D eigenvalue weighted by Crippen LogP contribution is -2.37. The number of nitrogens with one attached hydrogen (secondary N) is 1. The van der Waals surface area contributed by atoms with Crippen molar-refractivity contribution in [1.82, 2.24) is 10.3 Å². The number of nitrogens with zero attached hydrogens (tertiary/aromatic N) is 1. The van der Waals surface area contributed by atoms with Crippen LogP contribution in [-0.4, -0.2) is 58.4 Å². The topological polar surface area (TPSA) is 112 Å². The van der Waals surface area contributed by atoms with Gasteiger partial charge in [0.05, 0.1) is 25.5 Å². The zero-order valence-corrected chi connectivity index (χ0v) is 18.8. The summed E-state index contributed by atoms with van der Waals surface area (Å²) in [5.74, 6) is 0. The summed E-state index contributed by atoms with van der Waals surface area (Å²) < 4.78 is 4.47. The zero-order valence-electron chi connectivity index (χ0n) is 18.0. The van der Waals surface area contributed by atoms with Gasteiger partial charge in [-0.2, -0.15) is 0 Å². The van der Waals surface area contributed by atoms with Crippen molar-refractivity contribution in [2.45, 2.75) is 56.7 Å². The number of aromatic nitrogens is 1. The van der Waals surface area contributed by atoms with Crippen LogP contribution in [-0.2, 0) is 16.6 Å². The van der Waals surface area contributed by atoms with Crippen LogP contribution in [0.1, 0.15) is 43.8 Å². The molecule has 0 spiro atoms. The number of hydrogen-bond acceptors (Lipinski definition) is 7. The van der Waals surface area contributed by atoms with Crippen molar-refractivity contribution in [1.29, 1.82) is 0 Å². The number of hydrogen-bond donors (Lipinski definition) is 4. The first-order valence-electron chi connectivity index (χ1n) is 9.90. The molecule has 1 amide bonds. The molecule has 0 aliphatic rings. The van der Waals surface area contributed by atoms with Crippen LogP contribution >= 0.6 is 11.3 Å². The molecule has 4 N–H and O–H groups in total. The summed E-state index contributed by atoms with van der Waals surface area (Å²) in [7, 11) is 1.25. The van der Waals surface area contributed by atoms with Gasteiger partial charge in [0.25, 0.3) is 0 Å². The number of methoxy groups -OCH3 is 1. The largest absolute Gasteiger partial charge is 0.453 e. The molecule has 0 aliphatic carbocycles. The van der Waals surface area contributed by atoms with Crippen molar-refractivity contribution in [2.24, 2.45) is 0 Å². The molecule has 2 atom stereocenters. The van der Waals surface area contributed by atoms with Gasteiger partial charge in [-0.3, -0.25) is 0 Å². The Balaban J connectivity index is 2.66. The molecular formula is C22H34N2O5S. The number of rotatable bonds is 13. The fourth-order valence-corrected chi connectivity index (χ4v) is 3.62. The first-order chi connectivity index (χ1) is 14.2. The summed E-state index contributed by atoms with van der Waals surface area (Å²) >= 11 is 1.52. The number of carbonyl (C=O) groups is 1. The Morgan fingerprint density at radius 1 is 1.40 bits per heavy atom. The Kier molecular flexibility index (Phi) is 11.0. The monoisotopic (exact) mass is 438 g/mol. The molecule has 1 rings (SSSR count). The maximum absolute atomic E-state index is 11.1. The molecule has 168 valence electrons. The third-order valence-electron chi connectivity index (χ3n) is 4.81. The lowest BCUT2D eigenvalue weighted by atomic mass is 9.85. The summed E-state index contributed by atoms with van der Waals surface area (Å²) in [4.78, 5) is 15.7. The van der Waals surface area contributed by atoms with Crippen LogP contribution in [0.4, 0.5) is 4.79 Å². The van der Waals surface area contributed by atoms with Crippen molar-refractivity contribution in [3.05, 3.63) is 53.0 Å². The van der Waals surface area contributed by atoms with E-state index in [4.69, 9.17) is 0 Å². The Bertz CT molecular complexity index is 729. The molecule has 0 saturated heterocycles. The molecule has 0 unspecified atom stereocenters. The second-order valence-corrected chi connectivity index (χ2v) is 8.51. The summed E-state index contributed by atoms with van der Waals surface area (Å²) in [6.07, 6.45) is 9.68. The number of carbonyl (C=O) groups excluding carboxylic acids is 1. The van der Waals surface area contributed by atoms with Gasteiger partial charge in [-0.15, -0.1) is 17.9 Å². The van der Waals surface area contributed by atoms with Crippen LogP contribution in [0.5, 0.6) is 0 Å². The van der Waals surface area contributed by atoms with Gasteiger partial charge in [0.1, 0.15) is 10.6 Å². The van der Waals surface area contributed by atoms with Crippen molar-refractivity contribution in [3.8, 4) is 0 Å². The van der Waals surface area contributed by atoms with E-state index in [1.807, 2.05) is 31.4 Å². The van der Waals surface area contributed by atoms with Crippen LogP contribution in [0.3, 0.4) is 0 Å². The van der Waals surface area contributed by atoms with E-state index >= 15 is 0 Å². The number of allylic oxidation sites excluding steroid dienone is 3. The van der Waals surface area contributed by atoms with E-state index in [-0.39, 0.29) is 19.4 Å². The summed E-state index contributed by atoms with van der Waals surface area (Å²) in [6.45, 7) is 7.19. The minimum absolute atomic E-state index is 0.115. The highest BCUT2D eigenvalue weighted by Gasteiger charge is 2.32. The number of amides is 1. The molecule has 30 heavy (non-hydrogen) atoms. The van der Waals surface area contributed by atoms with Crippen LogP contribution < -0.4 is 5.32 Å². The molecule has 0 bridgehead atoms. The predicted molar refractivity (Wildman–Crippen MR) is 120 cm³/mol. The fraction of sp³-hybridized carbons (Fsp3) is 0.545. The Labute approximate surface area is 182 Å². The Morgan fingerprint density at radius 2 is 2.13 bits per heavy atom. The number of alkyl carbamates (subject to hydrolysis) is 1. The van der Waals surface area contributed by atoms with Gasteiger partial charge >= 0.3 is 6.09 Å². The number of thiazole rings is 1. The fourth-order valence-electron chi connectivity index (χ4n) is 2.61. The van der Waals surface area contributed by atoms with E-state index in [1.165, 1.54) is 24.5 Å². The minimum atomic E-state index is -1.49. The van der Waals surface area contributed by atoms with Crippen molar-refractivity contribution < 1.29 is 24.9 Å². The maximum Gasteiger partial charge on any atom is 0.406 e. The van der Waals surface area contributed by atoms with Crippen LogP contribution in [0, 0.1) is 0 Å². The first kappa shape index (κ1) is 26.0. The zero-order chi connectivity index (χ0) is 22.6. The summed E-state index contributed by atoms with van der Waals surface area (Å²) in [5, 5.41) is 35.9. The molecule has 1 aromatic rings. The van der Waals surface area contributed by atoms with Gasteiger partial charge in [-0.25, -0.2) is 9.78 Å². The average Bonchev–Trinajstić information content (AvgIpc) is 3.20. The molecule has 1 heterocycles. The van der Waals surface area contributed by atoms with Crippen molar-refractivity contribution in [2.75, 3.05) is 20.3 Å². The summed E-state index contributed by atoms with van der Waals surface area (Å²) in [5.41, 5.74) is -1.10. The predicted octanol–water partition coefficient (Wildman–Crippen LogP) is 2.87. The molecule has 8 heteroatoms. The molecule has 0 aliphatic heterocycles. The summed E-state index contributed by atoms with van der Waals surface area (Å²) in [6, 6.07) is 0. The molecule has 7 nitrogen and oxygen atoms in total. The van der Waals surface area contributed by atoms with Crippen molar-refractivity contribution >= 4 is 17.4 Å². The molecule has 0 aromatic carbocycles. The SMILES string of the molecule is C=CC/C=C\Cc1csc(C(C)(C)[C@H](O)C/C=C/[C@@](O)(CO)CCNC(=O)OC)n1. The van der Waals surface area contributed by atoms with E-state index in [0.717, 1.165) is 23.5 Å². The second kappa shape index (κ2) is 12.6. The highest BCUT2D eigenvalue weighted by molar-refractivity contribution is 7.09. The van der Waals surface area contributed by atoms with Gasteiger partial charge in [0.15, 0.2) is 0 Å². The van der Waals surface area contributed by atoms with E-state index < -0.39 is 29.8 Å². The molecular weight excluding hydrogens is 404 g/mol. The second-order valence-electron chi connectivity index (χ2n) is 7.65. The third kappa shape index (κ3) is 8.39. The molecule has 0 fully saturated rings. The van der Waals surface area contributed by atoms with Crippen LogP contribution in [0.2, 0.25) is 0 Å². The van der Waals surface area contributed by atoms with Crippen LogP contribution in [0.15, 0.2) is 42.3 Å². The van der Waals surface area contributed by atoms with Crippen LogP contribution in [0.25, 0.3) is 0 Å². The highest BCUT2D eigenvalue weighted by Crippen LogP contribution is 2.32.